The van der Waals surface area contributed by atoms with E-state index in [1.807, 2.05) is 45.0 Å². The van der Waals surface area contributed by atoms with Crippen molar-refractivity contribution in [3.63, 3.8) is 0 Å². The Bertz CT molecular complexity index is 424. The van der Waals surface area contributed by atoms with Gasteiger partial charge in [-0.25, -0.2) is 0 Å². The molecule has 1 fully saturated rings. The van der Waals surface area contributed by atoms with Gasteiger partial charge in [0, 0.05) is 11.5 Å². The summed E-state index contributed by atoms with van der Waals surface area (Å²) >= 11 is 0. The summed E-state index contributed by atoms with van der Waals surface area (Å²) in [4.78, 5) is 12.3. The number of nitrogens with one attached hydrogen (secondary N) is 1. The van der Waals surface area contributed by atoms with Crippen LogP contribution in [0.1, 0.15) is 31.1 Å². The van der Waals surface area contributed by atoms with Gasteiger partial charge in [-0.2, -0.15) is 0 Å². The first-order chi connectivity index (χ1) is 8.58. The highest BCUT2D eigenvalue weighted by atomic mass is 16.5. The fraction of sp³-hybridized carbons (Fsp3) is 0.533. The number of hydrogen-bond acceptors (Lipinski definition) is 3. The maximum atomic E-state index is 12.3. The van der Waals surface area contributed by atoms with E-state index in [9.17, 15) is 4.79 Å². The molecule has 1 heterocycles. The summed E-state index contributed by atoms with van der Waals surface area (Å²) in [6, 6.07) is 7.51. The molecule has 3 heteroatoms. The van der Waals surface area contributed by atoms with Crippen LogP contribution in [-0.2, 0) is 0 Å². The van der Waals surface area contributed by atoms with Crippen LogP contribution in [0.15, 0.2) is 24.3 Å². The summed E-state index contributed by atoms with van der Waals surface area (Å²) in [5, 5.41) is 3.21. The van der Waals surface area contributed by atoms with Gasteiger partial charge < -0.3 is 10.1 Å². The van der Waals surface area contributed by atoms with Crippen LogP contribution in [-0.4, -0.2) is 25.0 Å². The van der Waals surface area contributed by atoms with Gasteiger partial charge in [0.15, 0.2) is 5.78 Å². The number of hydrogen-bond donors (Lipinski definition) is 1. The molecule has 1 aromatic carbocycles. The van der Waals surface area contributed by atoms with Crippen LogP contribution >= 0.6 is 0 Å². The van der Waals surface area contributed by atoms with Gasteiger partial charge in [-0.1, -0.05) is 19.1 Å². The molecule has 0 aromatic heterocycles. The van der Waals surface area contributed by atoms with Gasteiger partial charge in [0.1, 0.15) is 5.75 Å². The summed E-state index contributed by atoms with van der Waals surface area (Å²) in [6.07, 6.45) is 0.128. The molecule has 3 nitrogen and oxygen atoms in total. The molecule has 98 valence electrons. The van der Waals surface area contributed by atoms with Gasteiger partial charge in [0.25, 0.3) is 0 Å². The summed E-state index contributed by atoms with van der Waals surface area (Å²) in [6.45, 7) is 7.89. The molecule has 1 aromatic rings. The lowest BCUT2D eigenvalue weighted by Gasteiger charge is -2.31. The Hall–Kier alpha value is -1.35. The van der Waals surface area contributed by atoms with Crippen molar-refractivity contribution in [3.05, 3.63) is 29.8 Å². The first-order valence-corrected chi connectivity index (χ1v) is 6.59. The molecular formula is C15H21NO2. The normalized spacial score (nSPS) is 17.3. The fourth-order valence-electron chi connectivity index (χ4n) is 2.14. The zero-order valence-electron chi connectivity index (χ0n) is 11.3. The third-order valence-electron chi connectivity index (χ3n) is 3.42. The second kappa shape index (κ2) is 5.53. The second-order valence-electron chi connectivity index (χ2n) is 5.27. The maximum Gasteiger partial charge on any atom is 0.166 e. The Kier molecular flexibility index (Phi) is 4.02. The largest absolute Gasteiger partial charge is 0.491 e. The maximum absolute atomic E-state index is 12.3. The SMILES string of the molecule is CC(C)Oc1cccc(C(=O)C(C)C2CNC2)c1. The van der Waals surface area contributed by atoms with E-state index in [4.69, 9.17) is 4.74 Å². The molecule has 1 unspecified atom stereocenters. The monoisotopic (exact) mass is 247 g/mol. The van der Waals surface area contributed by atoms with E-state index in [2.05, 4.69) is 5.32 Å². The van der Waals surface area contributed by atoms with Crippen molar-refractivity contribution in [3.8, 4) is 5.75 Å². The number of rotatable bonds is 5. The van der Waals surface area contributed by atoms with Crippen LogP contribution in [0.3, 0.4) is 0 Å². The lowest BCUT2D eigenvalue weighted by molar-refractivity contribution is 0.0853. The third-order valence-corrected chi connectivity index (χ3v) is 3.42. The molecule has 1 atom stereocenters. The summed E-state index contributed by atoms with van der Waals surface area (Å²) < 4.78 is 5.62. The van der Waals surface area contributed by atoms with Gasteiger partial charge >= 0.3 is 0 Å². The molecule has 1 aliphatic rings. The van der Waals surface area contributed by atoms with Crippen molar-refractivity contribution >= 4 is 5.78 Å². The van der Waals surface area contributed by atoms with Crippen molar-refractivity contribution in [2.75, 3.05) is 13.1 Å². The van der Waals surface area contributed by atoms with Crippen LogP contribution in [0.2, 0.25) is 0 Å². The Labute approximate surface area is 109 Å². The van der Waals surface area contributed by atoms with Crippen LogP contribution in [0, 0.1) is 11.8 Å². The minimum absolute atomic E-state index is 0.0838. The van der Waals surface area contributed by atoms with Crippen molar-refractivity contribution in [2.24, 2.45) is 11.8 Å². The highest BCUT2D eigenvalue weighted by Gasteiger charge is 2.29. The minimum atomic E-state index is 0.0838. The lowest BCUT2D eigenvalue weighted by atomic mass is 9.83. The Morgan fingerprint density at radius 1 is 1.33 bits per heavy atom. The average Bonchev–Trinajstić information content (AvgIpc) is 2.25. The smallest absolute Gasteiger partial charge is 0.166 e. The first-order valence-electron chi connectivity index (χ1n) is 6.59. The minimum Gasteiger partial charge on any atom is -0.491 e. The molecule has 1 N–H and O–H groups in total. The second-order valence-corrected chi connectivity index (χ2v) is 5.27. The zero-order valence-corrected chi connectivity index (χ0v) is 11.3. The van der Waals surface area contributed by atoms with Gasteiger partial charge in [-0.15, -0.1) is 0 Å². The van der Waals surface area contributed by atoms with Gasteiger partial charge in [-0.05, 0) is 45.0 Å². The van der Waals surface area contributed by atoms with Gasteiger partial charge in [-0.3, -0.25) is 4.79 Å². The van der Waals surface area contributed by atoms with Crippen LogP contribution in [0.25, 0.3) is 0 Å². The Morgan fingerprint density at radius 3 is 2.61 bits per heavy atom. The molecule has 0 aliphatic carbocycles. The van der Waals surface area contributed by atoms with Crippen molar-refractivity contribution < 1.29 is 9.53 Å². The van der Waals surface area contributed by atoms with E-state index < -0.39 is 0 Å². The number of Topliss-reactive ketones (excluding diaryl/α,β-unsaturated/α-hetero) is 1. The molecule has 0 spiro atoms. The molecule has 0 amide bonds. The summed E-state index contributed by atoms with van der Waals surface area (Å²) in [7, 11) is 0. The Morgan fingerprint density at radius 2 is 2.06 bits per heavy atom. The molecule has 1 saturated heterocycles. The first kappa shape index (κ1) is 13.1. The topological polar surface area (TPSA) is 38.3 Å². The third kappa shape index (κ3) is 2.91. The van der Waals surface area contributed by atoms with Crippen LogP contribution < -0.4 is 10.1 Å². The molecule has 0 bridgehead atoms. The number of benzene rings is 1. The van der Waals surface area contributed by atoms with Crippen molar-refractivity contribution in [2.45, 2.75) is 26.9 Å². The van der Waals surface area contributed by atoms with Crippen molar-refractivity contribution in [1.29, 1.82) is 0 Å². The van der Waals surface area contributed by atoms with E-state index in [1.165, 1.54) is 0 Å². The predicted octanol–water partition coefficient (Wildman–Crippen LogP) is 2.51. The van der Waals surface area contributed by atoms with Gasteiger partial charge in [0.05, 0.1) is 6.10 Å². The predicted molar refractivity (Wildman–Crippen MR) is 72.1 cm³/mol. The molecule has 0 radical (unpaired) electrons. The summed E-state index contributed by atoms with van der Waals surface area (Å²) in [5.41, 5.74) is 0.757. The zero-order chi connectivity index (χ0) is 13.1. The standard InChI is InChI=1S/C15H21NO2/c1-10(2)18-14-6-4-5-12(7-14)15(17)11(3)13-8-16-9-13/h4-7,10-11,13,16H,8-9H2,1-3H3. The lowest BCUT2D eigenvalue weighted by Crippen LogP contribution is -2.47. The van der Waals surface area contributed by atoms with E-state index in [0.717, 1.165) is 24.4 Å². The van der Waals surface area contributed by atoms with E-state index in [0.29, 0.717) is 5.92 Å². The molecular weight excluding hydrogens is 226 g/mol. The van der Waals surface area contributed by atoms with Crippen LogP contribution in [0.4, 0.5) is 0 Å². The number of ether oxygens (including phenoxy) is 1. The number of carbonyl (C=O) groups is 1. The summed E-state index contributed by atoms with van der Waals surface area (Å²) in [5.74, 6) is 1.55. The van der Waals surface area contributed by atoms with Crippen LogP contribution in [0.5, 0.6) is 5.75 Å². The highest BCUT2D eigenvalue weighted by Crippen LogP contribution is 2.23. The van der Waals surface area contributed by atoms with E-state index in [1.54, 1.807) is 0 Å². The highest BCUT2D eigenvalue weighted by molar-refractivity contribution is 5.98. The molecule has 1 aliphatic heterocycles. The fourth-order valence-corrected chi connectivity index (χ4v) is 2.14. The molecule has 0 saturated carbocycles. The van der Waals surface area contributed by atoms with Crippen molar-refractivity contribution in [1.82, 2.24) is 5.32 Å². The average molecular weight is 247 g/mol. The Balaban J connectivity index is 2.09. The van der Waals surface area contributed by atoms with E-state index in [-0.39, 0.29) is 17.8 Å². The van der Waals surface area contributed by atoms with Gasteiger partial charge in [0.2, 0.25) is 0 Å². The number of carbonyl (C=O) groups excluding carboxylic acids is 1. The number of ketones is 1. The molecule has 2 rings (SSSR count). The quantitative estimate of drug-likeness (QED) is 0.812. The van der Waals surface area contributed by atoms with E-state index >= 15 is 0 Å². The molecule has 18 heavy (non-hydrogen) atoms.